The minimum absolute atomic E-state index is 0.0528. The normalized spacial score (nSPS) is 11.2. The van der Waals surface area contributed by atoms with Crippen LogP contribution in [0.3, 0.4) is 0 Å². The second kappa shape index (κ2) is 9.50. The third-order valence-electron chi connectivity index (χ3n) is 3.69. The zero-order chi connectivity index (χ0) is 17.2. The number of hydrogen-bond donors (Lipinski definition) is 2. The summed E-state index contributed by atoms with van der Waals surface area (Å²) in [5, 5.41) is 7.58. The lowest BCUT2D eigenvalue weighted by atomic mass is 10.1. The Morgan fingerprint density at radius 2 is 1.88 bits per heavy atom. The van der Waals surface area contributed by atoms with E-state index in [1.165, 1.54) is 5.56 Å². The van der Waals surface area contributed by atoms with E-state index in [9.17, 15) is 4.79 Å². The quantitative estimate of drug-likeness (QED) is 0.436. The molecule has 0 radical (unpaired) electrons. The van der Waals surface area contributed by atoms with Gasteiger partial charge in [0.15, 0.2) is 0 Å². The van der Waals surface area contributed by atoms with Gasteiger partial charge in [0.05, 0.1) is 5.71 Å². The van der Waals surface area contributed by atoms with Crippen molar-refractivity contribution in [3.63, 3.8) is 0 Å². The summed E-state index contributed by atoms with van der Waals surface area (Å²) >= 11 is 0. The summed E-state index contributed by atoms with van der Waals surface area (Å²) in [4.78, 5) is 11.9. The van der Waals surface area contributed by atoms with Crippen LogP contribution in [0.1, 0.15) is 37.3 Å². The Kier molecular flexibility index (Phi) is 7.02. The van der Waals surface area contributed by atoms with Crippen LogP contribution in [0.4, 0.5) is 5.69 Å². The van der Waals surface area contributed by atoms with Crippen molar-refractivity contribution < 1.29 is 4.79 Å². The van der Waals surface area contributed by atoms with E-state index in [-0.39, 0.29) is 5.91 Å². The second-order valence-corrected chi connectivity index (χ2v) is 5.71. The highest BCUT2D eigenvalue weighted by atomic mass is 16.2. The smallest absolute Gasteiger partial charge is 0.240 e. The molecule has 4 heteroatoms. The Morgan fingerprint density at radius 1 is 1.08 bits per heavy atom. The van der Waals surface area contributed by atoms with E-state index >= 15 is 0 Å². The summed E-state index contributed by atoms with van der Waals surface area (Å²) < 4.78 is 0. The van der Waals surface area contributed by atoms with Crippen molar-refractivity contribution in [1.29, 1.82) is 0 Å². The molecule has 2 N–H and O–H groups in total. The number of benzene rings is 2. The zero-order valence-corrected chi connectivity index (χ0v) is 14.4. The van der Waals surface area contributed by atoms with E-state index in [0.717, 1.165) is 36.3 Å². The highest BCUT2D eigenvalue weighted by Crippen LogP contribution is 2.09. The van der Waals surface area contributed by atoms with Gasteiger partial charge in [-0.15, -0.1) is 0 Å². The Hall–Kier alpha value is -2.62. The van der Waals surface area contributed by atoms with Crippen molar-refractivity contribution in [1.82, 2.24) is 5.43 Å². The van der Waals surface area contributed by atoms with Gasteiger partial charge in [-0.2, -0.15) is 5.10 Å². The van der Waals surface area contributed by atoms with Gasteiger partial charge in [0.2, 0.25) is 5.91 Å². The van der Waals surface area contributed by atoms with Crippen LogP contribution in [-0.2, 0) is 4.79 Å². The van der Waals surface area contributed by atoms with Gasteiger partial charge in [-0.1, -0.05) is 49.4 Å². The first-order valence-electron chi connectivity index (χ1n) is 8.40. The number of carbonyl (C=O) groups excluding carboxylic acids is 1. The lowest BCUT2D eigenvalue weighted by Crippen LogP contribution is -2.20. The van der Waals surface area contributed by atoms with Gasteiger partial charge in [0.25, 0.3) is 0 Å². The predicted octanol–water partition coefficient (Wildman–Crippen LogP) is 4.12. The standard InChI is InChI=1S/C20H25N3O/c1-3-19(17-10-5-4-6-11-17)22-23-20(24)13-8-14-21-18-12-7-9-16(2)15-18/h4-7,9-12,15,21H,3,8,13-14H2,1-2H3,(H,23,24)/b22-19+. The predicted molar refractivity (Wildman–Crippen MR) is 100 cm³/mol. The Bertz CT molecular complexity index is 680. The van der Waals surface area contributed by atoms with Crippen molar-refractivity contribution in [2.45, 2.75) is 33.1 Å². The van der Waals surface area contributed by atoms with Crippen molar-refractivity contribution in [3.8, 4) is 0 Å². The Labute approximate surface area is 144 Å². The lowest BCUT2D eigenvalue weighted by Gasteiger charge is -2.07. The minimum Gasteiger partial charge on any atom is -0.385 e. The SMILES string of the molecule is CC/C(=N\NC(=O)CCCNc1cccc(C)c1)c1ccccc1. The summed E-state index contributed by atoms with van der Waals surface area (Å²) in [6, 6.07) is 18.1. The molecule has 0 aliphatic carbocycles. The molecule has 2 rings (SSSR count). The summed E-state index contributed by atoms with van der Waals surface area (Å²) in [5.74, 6) is -0.0528. The van der Waals surface area contributed by atoms with Gasteiger partial charge in [0, 0.05) is 18.7 Å². The van der Waals surface area contributed by atoms with Crippen LogP contribution >= 0.6 is 0 Å². The number of nitrogens with zero attached hydrogens (tertiary/aromatic N) is 1. The third kappa shape index (κ3) is 5.88. The monoisotopic (exact) mass is 323 g/mol. The summed E-state index contributed by atoms with van der Waals surface area (Å²) in [5.41, 5.74) is 6.91. The first-order valence-corrected chi connectivity index (χ1v) is 8.40. The molecule has 0 aliphatic rings. The highest BCUT2D eigenvalue weighted by Gasteiger charge is 2.03. The van der Waals surface area contributed by atoms with E-state index in [2.05, 4.69) is 34.9 Å². The molecule has 0 atom stereocenters. The largest absolute Gasteiger partial charge is 0.385 e. The topological polar surface area (TPSA) is 53.5 Å². The van der Waals surface area contributed by atoms with Crippen LogP contribution < -0.4 is 10.7 Å². The molecule has 0 saturated carbocycles. The number of carbonyl (C=O) groups is 1. The number of anilines is 1. The first-order chi connectivity index (χ1) is 11.7. The number of rotatable bonds is 8. The third-order valence-corrected chi connectivity index (χ3v) is 3.69. The number of hydrogen-bond acceptors (Lipinski definition) is 3. The van der Waals surface area contributed by atoms with Crippen LogP contribution in [0.2, 0.25) is 0 Å². The summed E-state index contributed by atoms with van der Waals surface area (Å²) in [6.45, 7) is 4.86. The van der Waals surface area contributed by atoms with Crippen molar-refractivity contribution in [2.75, 3.05) is 11.9 Å². The van der Waals surface area contributed by atoms with Gasteiger partial charge in [-0.05, 0) is 43.0 Å². The van der Waals surface area contributed by atoms with Crippen molar-refractivity contribution in [2.24, 2.45) is 5.10 Å². The van der Waals surface area contributed by atoms with Gasteiger partial charge in [-0.3, -0.25) is 4.79 Å². The van der Waals surface area contributed by atoms with E-state index in [4.69, 9.17) is 0 Å². The molecule has 0 aliphatic heterocycles. The maximum absolute atomic E-state index is 11.9. The first kappa shape index (κ1) is 17.7. The fourth-order valence-corrected chi connectivity index (χ4v) is 2.40. The Balaban J connectivity index is 1.74. The molecule has 0 unspecified atom stereocenters. The molecule has 0 aromatic heterocycles. The number of amides is 1. The zero-order valence-electron chi connectivity index (χ0n) is 14.4. The molecule has 4 nitrogen and oxygen atoms in total. The van der Waals surface area contributed by atoms with Crippen LogP contribution in [0.5, 0.6) is 0 Å². The van der Waals surface area contributed by atoms with E-state index < -0.39 is 0 Å². The van der Waals surface area contributed by atoms with Gasteiger partial charge >= 0.3 is 0 Å². The van der Waals surface area contributed by atoms with Crippen LogP contribution in [0.25, 0.3) is 0 Å². The molecule has 0 fully saturated rings. The molecular weight excluding hydrogens is 298 g/mol. The molecule has 24 heavy (non-hydrogen) atoms. The van der Waals surface area contributed by atoms with E-state index in [1.54, 1.807) is 0 Å². The van der Waals surface area contributed by atoms with Crippen LogP contribution in [0, 0.1) is 6.92 Å². The minimum atomic E-state index is -0.0528. The summed E-state index contributed by atoms with van der Waals surface area (Å²) in [7, 11) is 0. The average molecular weight is 323 g/mol. The maximum Gasteiger partial charge on any atom is 0.240 e. The van der Waals surface area contributed by atoms with Crippen molar-refractivity contribution >= 4 is 17.3 Å². The molecule has 0 heterocycles. The molecular formula is C20H25N3O. The van der Waals surface area contributed by atoms with E-state index in [1.807, 2.05) is 49.4 Å². The fourth-order valence-electron chi connectivity index (χ4n) is 2.40. The molecule has 2 aromatic rings. The van der Waals surface area contributed by atoms with Crippen molar-refractivity contribution in [3.05, 3.63) is 65.7 Å². The molecule has 126 valence electrons. The molecule has 0 spiro atoms. The van der Waals surface area contributed by atoms with Gasteiger partial charge < -0.3 is 5.32 Å². The second-order valence-electron chi connectivity index (χ2n) is 5.71. The van der Waals surface area contributed by atoms with Gasteiger partial charge in [0.1, 0.15) is 0 Å². The molecule has 0 bridgehead atoms. The Morgan fingerprint density at radius 3 is 2.58 bits per heavy atom. The highest BCUT2D eigenvalue weighted by molar-refractivity contribution is 6.00. The van der Waals surface area contributed by atoms with E-state index in [0.29, 0.717) is 6.42 Å². The fraction of sp³-hybridized carbons (Fsp3) is 0.300. The van der Waals surface area contributed by atoms with Gasteiger partial charge in [-0.25, -0.2) is 5.43 Å². The number of hydrazone groups is 1. The molecule has 2 aromatic carbocycles. The number of aryl methyl sites for hydroxylation is 1. The molecule has 0 saturated heterocycles. The lowest BCUT2D eigenvalue weighted by molar-refractivity contribution is -0.121. The number of nitrogens with one attached hydrogen (secondary N) is 2. The van der Waals surface area contributed by atoms with Crippen LogP contribution in [-0.4, -0.2) is 18.2 Å². The van der Waals surface area contributed by atoms with Crippen LogP contribution in [0.15, 0.2) is 59.7 Å². The maximum atomic E-state index is 11.9. The summed E-state index contributed by atoms with van der Waals surface area (Å²) in [6.07, 6.45) is 2.00. The molecule has 1 amide bonds. The average Bonchev–Trinajstić information content (AvgIpc) is 2.60.